The zero-order chi connectivity index (χ0) is 29.5. The third kappa shape index (κ3) is 3.59. The van der Waals surface area contributed by atoms with Crippen molar-refractivity contribution in [1.82, 2.24) is 14.5 Å². The van der Waals surface area contributed by atoms with Gasteiger partial charge in [0.15, 0.2) is 0 Å². The van der Waals surface area contributed by atoms with Crippen LogP contribution in [0.2, 0.25) is 0 Å². The summed E-state index contributed by atoms with van der Waals surface area (Å²) in [7, 11) is 0. The average Bonchev–Trinajstić information content (AvgIpc) is 3.78. The number of fused-ring (bicyclic) bond motifs is 10. The Labute approximate surface area is 261 Å². The van der Waals surface area contributed by atoms with Crippen molar-refractivity contribution >= 4 is 75.3 Å². The van der Waals surface area contributed by atoms with Crippen molar-refractivity contribution in [2.24, 2.45) is 0 Å². The Hall–Kier alpha value is -5.78. The maximum atomic E-state index is 6.47. The van der Waals surface area contributed by atoms with E-state index in [0.29, 0.717) is 5.95 Å². The molecule has 4 nitrogen and oxygen atoms in total. The number of para-hydroxylation sites is 3. The predicted molar refractivity (Wildman–Crippen MR) is 187 cm³/mol. The van der Waals surface area contributed by atoms with Gasteiger partial charge in [-0.05, 0) is 36.4 Å². The van der Waals surface area contributed by atoms with Crippen molar-refractivity contribution in [2.45, 2.75) is 0 Å². The molecule has 0 unspecified atom stereocenters. The first kappa shape index (κ1) is 24.6. The van der Waals surface area contributed by atoms with E-state index in [2.05, 4.69) is 126 Å². The summed E-state index contributed by atoms with van der Waals surface area (Å²) in [5.41, 5.74) is 7.52. The highest BCUT2D eigenvalue weighted by Crippen LogP contribution is 2.43. The van der Waals surface area contributed by atoms with Crippen LogP contribution in [0, 0.1) is 0 Å². The average molecular weight is 594 g/mol. The lowest BCUT2D eigenvalue weighted by Gasteiger charge is -2.12. The first-order valence-corrected chi connectivity index (χ1v) is 15.8. The summed E-state index contributed by atoms with van der Waals surface area (Å²) < 4.78 is 11.3. The molecule has 4 aromatic heterocycles. The van der Waals surface area contributed by atoms with Crippen LogP contribution in [0.25, 0.3) is 92.4 Å². The minimum atomic E-state index is 0.631. The highest BCUT2D eigenvalue weighted by molar-refractivity contribution is 7.26. The van der Waals surface area contributed by atoms with Gasteiger partial charge in [0.2, 0.25) is 5.95 Å². The van der Waals surface area contributed by atoms with Gasteiger partial charge in [0.25, 0.3) is 0 Å². The smallest absolute Gasteiger partial charge is 0.235 e. The maximum absolute atomic E-state index is 6.47. The normalized spacial score (nSPS) is 12.0. The van der Waals surface area contributed by atoms with E-state index in [1.54, 1.807) is 0 Å². The van der Waals surface area contributed by atoms with Gasteiger partial charge in [-0.2, -0.15) is 0 Å². The van der Waals surface area contributed by atoms with Gasteiger partial charge in [-0.1, -0.05) is 103 Å². The largest absolute Gasteiger partial charge is 0.455 e. The van der Waals surface area contributed by atoms with Crippen molar-refractivity contribution < 1.29 is 4.42 Å². The van der Waals surface area contributed by atoms with Crippen LogP contribution < -0.4 is 0 Å². The van der Waals surface area contributed by atoms with Crippen LogP contribution in [0.3, 0.4) is 0 Å². The fourth-order valence-electron chi connectivity index (χ4n) is 6.83. The number of nitrogens with zero attached hydrogens (tertiary/aromatic N) is 3. The highest BCUT2D eigenvalue weighted by atomic mass is 32.1. The van der Waals surface area contributed by atoms with Crippen LogP contribution >= 0.6 is 11.3 Å². The molecular formula is C40H23N3OS. The molecule has 0 bridgehead atoms. The molecule has 0 N–H and O–H groups in total. The molecule has 4 heterocycles. The van der Waals surface area contributed by atoms with Crippen molar-refractivity contribution in [2.75, 3.05) is 0 Å². The number of hydrogen-bond donors (Lipinski definition) is 0. The van der Waals surface area contributed by atoms with Crippen molar-refractivity contribution in [1.29, 1.82) is 0 Å². The molecule has 0 aliphatic carbocycles. The van der Waals surface area contributed by atoms with Crippen molar-refractivity contribution in [3.05, 3.63) is 140 Å². The van der Waals surface area contributed by atoms with E-state index < -0.39 is 0 Å². The molecular weight excluding hydrogens is 571 g/mol. The third-order valence-electron chi connectivity index (χ3n) is 8.84. The first-order valence-electron chi connectivity index (χ1n) is 15.0. The van der Waals surface area contributed by atoms with Gasteiger partial charge in [-0.25, -0.2) is 9.97 Å². The second kappa shape index (κ2) is 9.36. The summed E-state index contributed by atoms with van der Waals surface area (Å²) in [4.78, 5) is 10.6. The van der Waals surface area contributed by atoms with Crippen LogP contribution in [-0.2, 0) is 0 Å². The molecule has 0 saturated heterocycles. The number of hydrogen-bond acceptors (Lipinski definition) is 4. The molecule has 5 heteroatoms. The molecule has 0 fully saturated rings. The summed E-state index contributed by atoms with van der Waals surface area (Å²) >= 11 is 1.85. The van der Waals surface area contributed by atoms with E-state index in [1.165, 1.54) is 30.9 Å². The number of rotatable bonds is 3. The topological polar surface area (TPSA) is 43.9 Å². The molecule has 0 atom stereocenters. The van der Waals surface area contributed by atoms with Crippen LogP contribution in [0.5, 0.6) is 0 Å². The Bertz CT molecular complexity index is 2770. The van der Waals surface area contributed by atoms with Crippen LogP contribution in [0.1, 0.15) is 0 Å². The molecule has 0 spiro atoms. The van der Waals surface area contributed by atoms with Crippen molar-refractivity contribution in [3.8, 4) is 28.5 Å². The van der Waals surface area contributed by atoms with Gasteiger partial charge in [0.05, 0.1) is 22.4 Å². The Morgan fingerprint density at radius 3 is 2.18 bits per heavy atom. The molecule has 0 saturated carbocycles. The molecule has 0 amide bonds. The van der Waals surface area contributed by atoms with Crippen molar-refractivity contribution in [3.63, 3.8) is 0 Å². The zero-order valence-electron chi connectivity index (χ0n) is 23.9. The van der Waals surface area contributed by atoms with E-state index in [-0.39, 0.29) is 0 Å². The Kier molecular flexibility index (Phi) is 5.12. The van der Waals surface area contributed by atoms with Gasteiger partial charge < -0.3 is 4.42 Å². The molecule has 0 radical (unpaired) electrons. The molecule has 10 rings (SSSR count). The second-order valence-electron chi connectivity index (χ2n) is 11.4. The fourth-order valence-corrected chi connectivity index (χ4v) is 8.09. The molecule has 0 aliphatic heterocycles. The van der Waals surface area contributed by atoms with Crippen LogP contribution in [-0.4, -0.2) is 14.5 Å². The molecule has 6 aromatic carbocycles. The van der Waals surface area contributed by atoms with Gasteiger partial charge in [0.1, 0.15) is 11.2 Å². The lowest BCUT2D eigenvalue weighted by atomic mass is 10.0. The fraction of sp³-hybridized carbons (Fsp3) is 0. The second-order valence-corrected chi connectivity index (χ2v) is 12.4. The van der Waals surface area contributed by atoms with Crippen LogP contribution in [0.4, 0.5) is 0 Å². The number of benzene rings is 6. The molecule has 0 aliphatic rings. The summed E-state index contributed by atoms with van der Waals surface area (Å²) in [6, 6.07) is 48.7. The van der Waals surface area contributed by atoms with Gasteiger partial charge in [-0.15, -0.1) is 11.3 Å². The lowest BCUT2D eigenvalue weighted by Crippen LogP contribution is -2.04. The zero-order valence-corrected chi connectivity index (χ0v) is 24.8. The summed E-state index contributed by atoms with van der Waals surface area (Å²) in [6.45, 7) is 0. The maximum Gasteiger partial charge on any atom is 0.235 e. The first-order chi connectivity index (χ1) is 22.3. The minimum absolute atomic E-state index is 0.631. The van der Waals surface area contributed by atoms with Gasteiger partial charge in [-0.3, -0.25) is 4.57 Å². The highest BCUT2D eigenvalue weighted by Gasteiger charge is 2.21. The van der Waals surface area contributed by atoms with Gasteiger partial charge >= 0.3 is 0 Å². The van der Waals surface area contributed by atoms with E-state index in [0.717, 1.165) is 55.5 Å². The molecule has 210 valence electrons. The molecule has 45 heavy (non-hydrogen) atoms. The Balaban J connectivity index is 1.31. The summed E-state index contributed by atoms with van der Waals surface area (Å²) in [5, 5.41) is 7.18. The van der Waals surface area contributed by atoms with Crippen LogP contribution in [0.15, 0.2) is 144 Å². The number of thiophene rings is 1. The standard InChI is InChI=1S/C40H23N3OS/c1-2-11-24(12-3-1)31-23-32(29-17-10-16-27-25-13-5-8-19-35(25)44-38(27)29)42-40(41-31)43-33-18-7-4-15-30(33)37-34(43)22-21-28-26-14-6-9-20-36(26)45-39(28)37/h1-23H. The monoisotopic (exact) mass is 593 g/mol. The summed E-state index contributed by atoms with van der Waals surface area (Å²) in [5.74, 6) is 0.631. The SMILES string of the molecule is c1ccc(-c2cc(-c3cccc4c3oc3ccccc34)nc(-n3c4ccccc4c4c5sc6ccccc6c5ccc43)n2)cc1. The Morgan fingerprint density at radius 2 is 1.27 bits per heavy atom. The number of furan rings is 1. The van der Waals surface area contributed by atoms with Gasteiger partial charge in [0, 0.05) is 52.8 Å². The lowest BCUT2D eigenvalue weighted by molar-refractivity contribution is 0.670. The van der Waals surface area contributed by atoms with E-state index >= 15 is 0 Å². The Morgan fingerprint density at radius 1 is 0.533 bits per heavy atom. The minimum Gasteiger partial charge on any atom is -0.455 e. The molecule has 10 aromatic rings. The van der Waals surface area contributed by atoms with E-state index in [1.807, 2.05) is 29.5 Å². The third-order valence-corrected chi connectivity index (χ3v) is 10.0. The quantitative estimate of drug-likeness (QED) is 0.205. The summed E-state index contributed by atoms with van der Waals surface area (Å²) in [6.07, 6.45) is 0. The number of aromatic nitrogens is 3. The predicted octanol–water partition coefficient (Wildman–Crippen LogP) is 11.2. The van der Waals surface area contributed by atoms with E-state index in [4.69, 9.17) is 14.4 Å². The van der Waals surface area contributed by atoms with E-state index in [9.17, 15) is 0 Å².